The Morgan fingerprint density at radius 3 is 2.29 bits per heavy atom. The first kappa shape index (κ1) is 43.2. The average molecular weight is 795 g/mol. The number of carbonyl (C=O) groups is 1. The van der Waals surface area contributed by atoms with E-state index >= 15 is 0 Å². The lowest BCUT2D eigenvalue weighted by atomic mass is 9.90. The summed E-state index contributed by atoms with van der Waals surface area (Å²) in [5, 5.41) is 50.1. The molecule has 4 aromatic rings. The number of aryl methyl sites for hydroxylation is 1. The Kier molecular flexibility index (Phi) is 14.6. The summed E-state index contributed by atoms with van der Waals surface area (Å²) in [4.78, 5) is 24.2. The van der Waals surface area contributed by atoms with Crippen LogP contribution >= 0.6 is 0 Å². The van der Waals surface area contributed by atoms with Gasteiger partial charge in [0, 0.05) is 61.8 Å². The SMILES string of the molecule is Cc1ccc(C(C)CCCC(=O)N(CCN(C)C)C[C@H](O)[C@@H](O)[C@H](O)[C@H](O)CO)cc1CN(c1ccccc1)C1(c2cnccc2-c2ccccc2OC2CC2)CC1. The Bertz CT molecular complexity index is 1940. The van der Waals surface area contributed by atoms with Crippen LogP contribution in [0.2, 0.25) is 0 Å². The number of aliphatic hydroxyl groups is 5. The first-order chi connectivity index (χ1) is 27.9. The molecule has 58 heavy (non-hydrogen) atoms. The third kappa shape index (κ3) is 10.6. The molecule has 5 atom stereocenters. The van der Waals surface area contributed by atoms with E-state index in [1.807, 2.05) is 37.5 Å². The van der Waals surface area contributed by atoms with Gasteiger partial charge in [0.05, 0.1) is 18.2 Å². The fourth-order valence-electron chi connectivity index (χ4n) is 7.82. The van der Waals surface area contributed by atoms with Crippen LogP contribution in [-0.2, 0) is 16.9 Å². The van der Waals surface area contributed by atoms with Crippen molar-refractivity contribution in [3.63, 3.8) is 0 Å². The highest BCUT2D eigenvalue weighted by molar-refractivity contribution is 5.77. The van der Waals surface area contributed by atoms with Crippen molar-refractivity contribution in [1.82, 2.24) is 14.8 Å². The zero-order valence-corrected chi connectivity index (χ0v) is 34.5. The van der Waals surface area contributed by atoms with Gasteiger partial charge in [0.15, 0.2) is 0 Å². The van der Waals surface area contributed by atoms with Gasteiger partial charge >= 0.3 is 0 Å². The van der Waals surface area contributed by atoms with E-state index in [-0.39, 0.29) is 36.4 Å². The van der Waals surface area contributed by atoms with Crippen LogP contribution in [0, 0.1) is 6.92 Å². The zero-order valence-electron chi connectivity index (χ0n) is 34.5. The number of amides is 1. The molecule has 11 heteroatoms. The standard InChI is InChI=1S/C47H62N4O7/c1-32(11-10-16-44(55)50(26-25-49(3)4)30-41(53)45(56)46(57)42(54)31-52)34-18-17-33(2)35(27-34)29-51(36-12-6-5-7-13-36)47(22-23-47)40-28-48-24-21-38(40)39-14-8-9-15-43(39)58-37-19-20-37/h5-9,12-15,17-18,21,24,27-28,32,37,41-42,45-46,52-54,56-57H,10-11,16,19-20,22-23,25-26,29-31H2,1-4H3/t32?,41-,42+,45+,46+/m0/s1. The number of hydrogen-bond acceptors (Lipinski definition) is 10. The van der Waals surface area contributed by atoms with Gasteiger partial charge in [-0.3, -0.25) is 9.78 Å². The molecule has 2 fully saturated rings. The molecule has 5 N–H and O–H groups in total. The van der Waals surface area contributed by atoms with Gasteiger partial charge < -0.3 is 45.0 Å². The van der Waals surface area contributed by atoms with Gasteiger partial charge in [-0.05, 0) is 112 Å². The summed E-state index contributed by atoms with van der Waals surface area (Å²) < 4.78 is 6.41. The summed E-state index contributed by atoms with van der Waals surface area (Å²) in [5.41, 5.74) is 8.04. The van der Waals surface area contributed by atoms with Crippen molar-refractivity contribution in [1.29, 1.82) is 0 Å². The van der Waals surface area contributed by atoms with E-state index in [9.17, 15) is 25.2 Å². The van der Waals surface area contributed by atoms with Crippen molar-refractivity contribution in [3.05, 3.63) is 114 Å². The molecule has 1 heterocycles. The minimum atomic E-state index is -1.75. The molecule has 1 unspecified atom stereocenters. The van der Waals surface area contributed by atoms with Gasteiger partial charge in [0.2, 0.25) is 5.91 Å². The van der Waals surface area contributed by atoms with Crippen LogP contribution < -0.4 is 9.64 Å². The van der Waals surface area contributed by atoms with E-state index in [1.54, 1.807) is 0 Å². The van der Waals surface area contributed by atoms with Crippen LogP contribution in [0.15, 0.2) is 91.3 Å². The number of nitrogens with zero attached hydrogens (tertiary/aromatic N) is 4. The predicted molar refractivity (Wildman–Crippen MR) is 227 cm³/mol. The summed E-state index contributed by atoms with van der Waals surface area (Å²) >= 11 is 0. The number of pyridine rings is 1. The van der Waals surface area contributed by atoms with E-state index in [0.717, 1.165) is 54.7 Å². The highest BCUT2D eigenvalue weighted by atomic mass is 16.5. The van der Waals surface area contributed by atoms with E-state index in [0.29, 0.717) is 26.1 Å². The monoisotopic (exact) mass is 794 g/mol. The minimum absolute atomic E-state index is 0.160. The molecule has 0 aliphatic heterocycles. The molecule has 1 amide bonds. The van der Waals surface area contributed by atoms with E-state index in [1.165, 1.54) is 27.2 Å². The Balaban J connectivity index is 1.18. The number of benzene rings is 3. The molecule has 0 bridgehead atoms. The smallest absolute Gasteiger partial charge is 0.222 e. The van der Waals surface area contributed by atoms with Gasteiger partial charge in [0.1, 0.15) is 30.2 Å². The second kappa shape index (κ2) is 19.6. The van der Waals surface area contributed by atoms with Crippen LogP contribution in [0.3, 0.4) is 0 Å². The second-order valence-corrected chi connectivity index (χ2v) is 16.6. The van der Waals surface area contributed by atoms with Crippen LogP contribution in [0.4, 0.5) is 5.69 Å². The van der Waals surface area contributed by atoms with Crippen LogP contribution in [-0.4, -0.2) is 117 Å². The fraction of sp³-hybridized carbons (Fsp3) is 0.489. The zero-order chi connectivity index (χ0) is 41.4. The first-order valence-electron chi connectivity index (χ1n) is 20.8. The van der Waals surface area contributed by atoms with Crippen molar-refractivity contribution in [2.24, 2.45) is 0 Å². The molecule has 6 rings (SSSR count). The number of aliphatic hydroxyl groups excluding tert-OH is 5. The Morgan fingerprint density at radius 1 is 0.897 bits per heavy atom. The van der Waals surface area contributed by atoms with Crippen molar-refractivity contribution < 1.29 is 35.1 Å². The topological polar surface area (TPSA) is 150 Å². The molecule has 0 saturated heterocycles. The summed E-state index contributed by atoms with van der Waals surface area (Å²) in [7, 11) is 3.77. The van der Waals surface area contributed by atoms with Gasteiger partial charge in [0.25, 0.3) is 0 Å². The molecule has 2 aliphatic carbocycles. The molecule has 11 nitrogen and oxygen atoms in total. The summed E-state index contributed by atoms with van der Waals surface area (Å²) in [6.07, 6.45) is 3.49. The number of anilines is 1. The highest BCUT2D eigenvalue weighted by Crippen LogP contribution is 2.56. The summed E-state index contributed by atoms with van der Waals surface area (Å²) in [6.45, 7) is 4.97. The normalized spacial score (nSPS) is 17.3. The highest BCUT2D eigenvalue weighted by Gasteiger charge is 2.51. The number of ether oxygens (including phenoxy) is 1. The Hall–Kier alpha value is -4.36. The van der Waals surface area contributed by atoms with Crippen molar-refractivity contribution in [2.45, 2.75) is 107 Å². The average Bonchev–Trinajstić information content (AvgIpc) is 4.19. The molecule has 2 aliphatic rings. The first-order valence-corrected chi connectivity index (χ1v) is 20.8. The maximum absolute atomic E-state index is 13.5. The third-order valence-corrected chi connectivity index (χ3v) is 11.8. The van der Waals surface area contributed by atoms with Gasteiger partial charge in [-0.15, -0.1) is 0 Å². The lowest BCUT2D eigenvalue weighted by Gasteiger charge is -2.36. The quantitative estimate of drug-likeness (QED) is 0.0701. The van der Waals surface area contributed by atoms with Crippen LogP contribution in [0.1, 0.15) is 80.0 Å². The van der Waals surface area contributed by atoms with Crippen molar-refractivity contribution in [2.75, 3.05) is 45.2 Å². The number of aromatic nitrogens is 1. The fourth-order valence-corrected chi connectivity index (χ4v) is 7.82. The lowest BCUT2D eigenvalue weighted by Crippen LogP contribution is -2.51. The number of para-hydroxylation sites is 2. The molecule has 1 aromatic heterocycles. The van der Waals surface area contributed by atoms with Crippen molar-refractivity contribution in [3.8, 4) is 16.9 Å². The van der Waals surface area contributed by atoms with Gasteiger partial charge in [-0.1, -0.05) is 61.5 Å². The molecular formula is C47H62N4O7. The number of likely N-dealkylation sites (N-methyl/N-ethyl adjacent to an activating group) is 1. The summed E-state index contributed by atoms with van der Waals surface area (Å²) in [6, 6.07) is 27.9. The molecule has 2 saturated carbocycles. The van der Waals surface area contributed by atoms with Crippen LogP contribution in [0.25, 0.3) is 11.1 Å². The molecule has 0 spiro atoms. The largest absolute Gasteiger partial charge is 0.490 e. The maximum Gasteiger partial charge on any atom is 0.222 e. The van der Waals surface area contributed by atoms with E-state index < -0.39 is 31.0 Å². The number of rotatable bonds is 22. The third-order valence-electron chi connectivity index (χ3n) is 11.8. The number of carbonyl (C=O) groups excluding carboxylic acids is 1. The van der Waals surface area contributed by atoms with E-state index in [2.05, 4.69) is 96.5 Å². The van der Waals surface area contributed by atoms with Gasteiger partial charge in [-0.25, -0.2) is 0 Å². The molecule has 0 radical (unpaired) electrons. The lowest BCUT2D eigenvalue weighted by molar-refractivity contribution is -0.140. The van der Waals surface area contributed by atoms with E-state index in [4.69, 9.17) is 9.84 Å². The second-order valence-electron chi connectivity index (χ2n) is 16.6. The number of hydrogen-bond donors (Lipinski definition) is 5. The molecule has 3 aromatic carbocycles. The summed E-state index contributed by atoms with van der Waals surface area (Å²) in [5.74, 6) is 0.941. The molecular weight excluding hydrogens is 733 g/mol. The Morgan fingerprint density at radius 2 is 1.60 bits per heavy atom. The maximum atomic E-state index is 13.5. The van der Waals surface area contributed by atoms with Gasteiger partial charge in [-0.2, -0.15) is 0 Å². The van der Waals surface area contributed by atoms with Crippen LogP contribution in [0.5, 0.6) is 5.75 Å². The predicted octanol–water partition coefficient (Wildman–Crippen LogP) is 5.39. The van der Waals surface area contributed by atoms with Crippen molar-refractivity contribution >= 4 is 11.6 Å². The Labute approximate surface area is 343 Å². The minimum Gasteiger partial charge on any atom is -0.490 e. The molecule has 312 valence electrons.